The average molecular weight is 704 g/mol. The molecule has 0 unspecified atom stereocenters. The third-order valence-electron chi connectivity index (χ3n) is 7.32. The largest absolute Gasteiger partial charge is 0.479 e. The number of methoxy groups -OCH3 is 1. The van der Waals surface area contributed by atoms with E-state index < -0.39 is 46.6 Å². The topological polar surface area (TPSA) is 225 Å². The van der Waals surface area contributed by atoms with Gasteiger partial charge in [0.05, 0.1) is 36.1 Å². The number of carboxylic acids is 1. The second-order valence-corrected chi connectivity index (χ2v) is 13.3. The molecule has 0 saturated heterocycles. The number of imidazole rings is 1. The van der Waals surface area contributed by atoms with E-state index in [-0.39, 0.29) is 34.4 Å². The molecule has 0 amide bonds. The van der Waals surface area contributed by atoms with Gasteiger partial charge in [0.25, 0.3) is 0 Å². The van der Waals surface area contributed by atoms with Crippen molar-refractivity contribution >= 4 is 61.6 Å². The summed E-state index contributed by atoms with van der Waals surface area (Å²) in [5.74, 6) is -1.37. The van der Waals surface area contributed by atoms with Crippen LogP contribution in [-0.4, -0.2) is 86.4 Å². The first kappa shape index (κ1) is 34.1. The van der Waals surface area contributed by atoms with Gasteiger partial charge in [0.2, 0.25) is 20.9 Å². The Kier molecular flexibility index (Phi) is 10.1. The Morgan fingerprint density at radius 3 is 2.51 bits per heavy atom. The van der Waals surface area contributed by atoms with Crippen LogP contribution in [0.1, 0.15) is 17.5 Å². The van der Waals surface area contributed by atoms with Crippen LogP contribution in [-0.2, 0) is 36.3 Å². The van der Waals surface area contributed by atoms with E-state index in [0.717, 1.165) is 10.8 Å². The molecule has 3 heterocycles. The number of nitrogens with one attached hydrogen (secondary N) is 1. The van der Waals surface area contributed by atoms with Crippen molar-refractivity contribution in [3.05, 3.63) is 82.3 Å². The monoisotopic (exact) mass is 703 g/mol. The highest BCUT2D eigenvalue weighted by Gasteiger charge is 2.45. The zero-order valence-electron chi connectivity index (χ0n) is 24.9. The third kappa shape index (κ3) is 7.36. The average Bonchev–Trinajstić information content (AvgIpc) is 3.71. The number of para-hydroxylation sites is 1. The third-order valence-corrected chi connectivity index (χ3v) is 8.67. The summed E-state index contributed by atoms with van der Waals surface area (Å²) < 4.78 is 38.9. The molecule has 2 aromatic carbocycles. The number of thiazole rings is 1. The van der Waals surface area contributed by atoms with Gasteiger partial charge < -0.3 is 30.5 Å². The van der Waals surface area contributed by atoms with Gasteiger partial charge in [-0.15, -0.1) is 11.3 Å². The number of hydrogen-bond acceptors (Lipinski definition) is 13. The number of rotatable bonds is 14. The lowest BCUT2D eigenvalue weighted by atomic mass is 9.90. The number of carboxylic acid groups (broad SMARTS) is 1. The first-order valence-corrected chi connectivity index (χ1v) is 17.0. The maximum absolute atomic E-state index is 13.0. The van der Waals surface area contributed by atoms with Gasteiger partial charge in [0.1, 0.15) is 17.7 Å². The Morgan fingerprint density at radius 2 is 1.87 bits per heavy atom. The Bertz CT molecular complexity index is 1980. The van der Waals surface area contributed by atoms with Gasteiger partial charge in [-0.2, -0.15) is 9.97 Å². The first-order valence-electron chi connectivity index (χ1n) is 13.8. The van der Waals surface area contributed by atoms with Crippen LogP contribution in [0.15, 0.2) is 65.7 Å². The molecule has 3 aromatic heterocycles. The summed E-state index contributed by atoms with van der Waals surface area (Å²) in [5, 5.41) is 34.1. The van der Waals surface area contributed by atoms with Gasteiger partial charge in [-0.25, -0.2) is 23.2 Å². The molecule has 0 aliphatic carbocycles. The molecule has 0 aliphatic rings. The van der Waals surface area contributed by atoms with E-state index in [2.05, 4.69) is 24.7 Å². The fourth-order valence-electron chi connectivity index (χ4n) is 4.98. The van der Waals surface area contributed by atoms with Crippen LogP contribution in [0.25, 0.3) is 22.3 Å². The number of anilines is 2. The summed E-state index contributed by atoms with van der Waals surface area (Å²) in [7, 11) is -2.26. The zero-order chi connectivity index (χ0) is 33.9. The smallest absolute Gasteiger partial charge is 0.342 e. The van der Waals surface area contributed by atoms with Crippen molar-refractivity contribution in [2.75, 3.05) is 30.4 Å². The summed E-state index contributed by atoms with van der Waals surface area (Å²) >= 11 is 7.10. The normalized spacial score (nSPS) is 15.2. The number of nitrogens with two attached hydrogens (primary N) is 1. The van der Waals surface area contributed by atoms with E-state index >= 15 is 0 Å². The highest BCUT2D eigenvalue weighted by atomic mass is 35.5. The van der Waals surface area contributed by atoms with E-state index in [0.29, 0.717) is 22.4 Å². The van der Waals surface area contributed by atoms with Crippen molar-refractivity contribution in [3.63, 3.8) is 0 Å². The van der Waals surface area contributed by atoms with Crippen LogP contribution in [0, 0.1) is 0 Å². The summed E-state index contributed by atoms with van der Waals surface area (Å²) in [6.45, 7) is -0.480. The molecule has 0 fully saturated rings. The second-order valence-electron chi connectivity index (χ2n) is 10.5. The van der Waals surface area contributed by atoms with Crippen molar-refractivity contribution in [2.45, 2.75) is 30.5 Å². The van der Waals surface area contributed by atoms with Crippen LogP contribution in [0.2, 0.25) is 5.28 Å². The predicted octanol–water partition coefficient (Wildman–Crippen LogP) is 2.66. The molecule has 0 saturated carbocycles. The molecule has 47 heavy (non-hydrogen) atoms. The molecule has 5 rings (SSSR count). The molecule has 0 bridgehead atoms. The molecule has 18 heteroatoms. The van der Waals surface area contributed by atoms with Crippen molar-refractivity contribution in [2.24, 2.45) is 0 Å². The fourth-order valence-corrected chi connectivity index (χ4v) is 6.34. The van der Waals surface area contributed by atoms with E-state index in [1.807, 2.05) is 0 Å². The van der Waals surface area contributed by atoms with Gasteiger partial charge in [0.15, 0.2) is 17.7 Å². The number of carbonyl (C=O) groups is 1. The van der Waals surface area contributed by atoms with Gasteiger partial charge in [-0.3, -0.25) is 9.29 Å². The molecule has 248 valence electrons. The quantitative estimate of drug-likeness (QED) is 0.105. The number of aliphatic hydroxyl groups is 2. The molecule has 6 N–H and O–H groups in total. The standard InChI is InChI=1S/C29H30ClN7O8S2/c1-44-20(23(38)26(39)37-14-32-22-24(31)34-28(30)35-25(22)37)12-45-29(27(40)41,21-13-46-15-33-21)11-16-7-9-17(10-8-16)18-5-3-4-6-19(18)36-47(2,42)43/h3-10,13-15,20,23,26,36,38-39H,11-12H2,1-2H3,(H,40,41)(H2,31,34,35)/t20-,23-,26-,29-/m1/s1. The molecule has 0 radical (unpaired) electrons. The molecule has 4 atom stereocenters. The van der Waals surface area contributed by atoms with Crippen molar-refractivity contribution in [3.8, 4) is 11.1 Å². The SMILES string of the molecule is CO[C@H](CO[C@@](Cc1ccc(-c2ccccc2NS(C)(=O)=O)cc1)(C(=O)O)c1cscn1)[C@@H](O)[C@@H](O)n1cnc2c(N)nc(Cl)nc21. The zero-order valence-corrected chi connectivity index (χ0v) is 27.3. The Morgan fingerprint density at radius 1 is 1.15 bits per heavy atom. The number of nitrogen functional groups attached to an aromatic ring is 1. The van der Waals surface area contributed by atoms with Crippen LogP contribution >= 0.6 is 22.9 Å². The number of aliphatic carboxylic acids is 1. The number of sulfonamides is 1. The highest BCUT2D eigenvalue weighted by Crippen LogP contribution is 2.34. The van der Waals surface area contributed by atoms with Crippen LogP contribution in [0.3, 0.4) is 0 Å². The summed E-state index contributed by atoms with van der Waals surface area (Å²) in [6, 6.07) is 13.8. The van der Waals surface area contributed by atoms with Crippen LogP contribution in [0.5, 0.6) is 0 Å². The Hall–Kier alpha value is -4.23. The van der Waals surface area contributed by atoms with E-state index in [4.69, 9.17) is 26.8 Å². The molecule has 5 aromatic rings. The lowest BCUT2D eigenvalue weighted by Gasteiger charge is -2.32. The number of halogens is 1. The lowest BCUT2D eigenvalue weighted by molar-refractivity contribution is -0.183. The minimum Gasteiger partial charge on any atom is -0.479 e. The maximum atomic E-state index is 13.0. The summed E-state index contributed by atoms with van der Waals surface area (Å²) in [5.41, 5.74) is 7.90. The second kappa shape index (κ2) is 13.9. The van der Waals surface area contributed by atoms with Crippen molar-refractivity contribution in [1.82, 2.24) is 24.5 Å². The van der Waals surface area contributed by atoms with Crippen molar-refractivity contribution < 1.29 is 38.0 Å². The molecule has 15 nitrogen and oxygen atoms in total. The predicted molar refractivity (Wildman–Crippen MR) is 174 cm³/mol. The van der Waals surface area contributed by atoms with E-state index in [9.17, 15) is 28.5 Å². The first-order chi connectivity index (χ1) is 22.3. The number of benzene rings is 2. The Labute approximate surface area is 277 Å². The van der Waals surface area contributed by atoms with Gasteiger partial charge >= 0.3 is 5.97 Å². The number of ether oxygens (including phenoxy) is 2. The minimum atomic E-state index is -3.53. The van der Waals surface area contributed by atoms with Gasteiger partial charge in [0, 0.05) is 24.5 Å². The summed E-state index contributed by atoms with van der Waals surface area (Å²) in [4.78, 5) is 29.1. The number of aliphatic hydroxyl groups excluding tert-OH is 2. The number of nitrogens with zero attached hydrogens (tertiary/aromatic N) is 5. The lowest BCUT2D eigenvalue weighted by Crippen LogP contribution is -2.46. The fraction of sp³-hybridized carbons (Fsp3) is 0.276. The van der Waals surface area contributed by atoms with E-state index in [1.54, 1.807) is 53.9 Å². The van der Waals surface area contributed by atoms with Crippen LogP contribution < -0.4 is 10.5 Å². The maximum Gasteiger partial charge on any atom is 0.342 e. The number of aromatic nitrogens is 5. The van der Waals surface area contributed by atoms with E-state index in [1.165, 1.54) is 30.3 Å². The Balaban J connectivity index is 1.40. The number of fused-ring (bicyclic) bond motifs is 1. The molecular weight excluding hydrogens is 674 g/mol. The highest BCUT2D eigenvalue weighted by molar-refractivity contribution is 7.92. The molecule has 0 aliphatic heterocycles. The molecular formula is C29H30ClN7O8S2. The summed E-state index contributed by atoms with van der Waals surface area (Å²) in [6.07, 6.45) is -2.49. The van der Waals surface area contributed by atoms with Gasteiger partial charge in [-0.05, 0) is 28.8 Å². The van der Waals surface area contributed by atoms with Gasteiger partial charge in [-0.1, -0.05) is 42.5 Å². The number of hydrogen-bond donors (Lipinski definition) is 5. The van der Waals surface area contributed by atoms with Crippen LogP contribution in [0.4, 0.5) is 11.5 Å². The molecule has 0 spiro atoms. The van der Waals surface area contributed by atoms with Crippen molar-refractivity contribution in [1.29, 1.82) is 0 Å². The minimum absolute atomic E-state index is 0.0237.